The van der Waals surface area contributed by atoms with Gasteiger partial charge in [-0.15, -0.1) is 0 Å². The first-order valence-electron chi connectivity index (χ1n) is 6.55. The molecule has 86 valence electrons. The van der Waals surface area contributed by atoms with Crippen molar-refractivity contribution in [2.24, 2.45) is 29.1 Å². The van der Waals surface area contributed by atoms with Crippen LogP contribution in [0.5, 0.6) is 0 Å². The molecule has 0 aliphatic heterocycles. The lowest BCUT2D eigenvalue weighted by Gasteiger charge is -2.45. The Kier molecular flexibility index (Phi) is 2.92. The van der Waals surface area contributed by atoms with E-state index in [9.17, 15) is 4.79 Å². The lowest BCUT2D eigenvalue weighted by Crippen LogP contribution is -2.38. The SMILES string of the molecule is CC1CCC[C@@]2(C)C1CC[C@@H]2[C@@H](C)C=O. The van der Waals surface area contributed by atoms with Crippen LogP contribution in [0.1, 0.15) is 52.9 Å². The summed E-state index contributed by atoms with van der Waals surface area (Å²) in [6.45, 7) is 6.98. The highest BCUT2D eigenvalue weighted by Crippen LogP contribution is 2.59. The highest BCUT2D eigenvalue weighted by Gasteiger charge is 2.51. The number of carbonyl (C=O) groups excluding carboxylic acids is 1. The molecule has 0 saturated heterocycles. The summed E-state index contributed by atoms with van der Waals surface area (Å²) in [6, 6.07) is 0. The Bertz CT molecular complexity index is 248. The molecule has 0 spiro atoms. The van der Waals surface area contributed by atoms with Crippen molar-refractivity contribution in [2.45, 2.75) is 52.9 Å². The van der Waals surface area contributed by atoms with E-state index in [1.807, 2.05) is 0 Å². The van der Waals surface area contributed by atoms with Crippen molar-refractivity contribution in [1.29, 1.82) is 0 Å². The monoisotopic (exact) mass is 208 g/mol. The molecule has 0 radical (unpaired) electrons. The number of hydrogen-bond acceptors (Lipinski definition) is 1. The van der Waals surface area contributed by atoms with E-state index in [1.54, 1.807) is 0 Å². The maximum Gasteiger partial charge on any atom is 0.123 e. The van der Waals surface area contributed by atoms with Crippen molar-refractivity contribution in [3.05, 3.63) is 0 Å². The molecule has 1 heteroatoms. The van der Waals surface area contributed by atoms with Gasteiger partial charge in [0.25, 0.3) is 0 Å². The van der Waals surface area contributed by atoms with Crippen LogP contribution >= 0.6 is 0 Å². The van der Waals surface area contributed by atoms with E-state index < -0.39 is 0 Å². The maximum atomic E-state index is 11.0. The summed E-state index contributed by atoms with van der Waals surface area (Å²) in [6.07, 6.45) is 7.95. The molecule has 0 aromatic rings. The van der Waals surface area contributed by atoms with Crippen molar-refractivity contribution in [3.8, 4) is 0 Å². The van der Waals surface area contributed by atoms with Crippen LogP contribution in [0.4, 0.5) is 0 Å². The van der Waals surface area contributed by atoms with Crippen molar-refractivity contribution in [2.75, 3.05) is 0 Å². The van der Waals surface area contributed by atoms with E-state index in [0.717, 1.165) is 11.8 Å². The third-order valence-electron chi connectivity index (χ3n) is 5.39. The van der Waals surface area contributed by atoms with E-state index in [0.29, 0.717) is 11.3 Å². The van der Waals surface area contributed by atoms with Crippen LogP contribution < -0.4 is 0 Å². The first-order chi connectivity index (χ1) is 7.09. The van der Waals surface area contributed by atoms with E-state index in [-0.39, 0.29) is 5.92 Å². The minimum atomic E-state index is 0.269. The second-order valence-corrected chi connectivity index (χ2v) is 6.16. The average molecular weight is 208 g/mol. The number of fused-ring (bicyclic) bond motifs is 1. The van der Waals surface area contributed by atoms with Crippen molar-refractivity contribution < 1.29 is 4.79 Å². The van der Waals surface area contributed by atoms with Crippen molar-refractivity contribution in [3.63, 3.8) is 0 Å². The van der Waals surface area contributed by atoms with Crippen LogP contribution in [-0.2, 0) is 4.79 Å². The summed E-state index contributed by atoms with van der Waals surface area (Å²) < 4.78 is 0. The fraction of sp³-hybridized carbons (Fsp3) is 0.929. The number of rotatable bonds is 2. The van der Waals surface area contributed by atoms with Crippen LogP contribution in [0.3, 0.4) is 0 Å². The molecule has 0 bridgehead atoms. The number of hydrogen-bond donors (Lipinski definition) is 0. The fourth-order valence-electron chi connectivity index (χ4n) is 4.56. The Hall–Kier alpha value is -0.330. The Morgan fingerprint density at radius 2 is 2.07 bits per heavy atom. The molecule has 0 amide bonds. The topological polar surface area (TPSA) is 17.1 Å². The molecule has 2 rings (SSSR count). The average Bonchev–Trinajstić information content (AvgIpc) is 2.56. The highest BCUT2D eigenvalue weighted by atomic mass is 16.1. The van der Waals surface area contributed by atoms with Crippen LogP contribution in [0.2, 0.25) is 0 Å². The Morgan fingerprint density at radius 3 is 2.73 bits per heavy atom. The Labute approximate surface area is 93.6 Å². The molecular weight excluding hydrogens is 184 g/mol. The molecule has 0 aromatic carbocycles. The standard InChI is InChI=1S/C14H24O/c1-10-5-4-8-14(3)12(10)6-7-13(14)11(2)9-15/h9-13H,4-8H2,1-3H3/t10?,11-,12?,13+,14-/m0/s1. The van der Waals surface area contributed by atoms with Gasteiger partial charge in [0.05, 0.1) is 0 Å². The second kappa shape index (κ2) is 3.92. The van der Waals surface area contributed by atoms with E-state index in [2.05, 4.69) is 20.8 Å². The summed E-state index contributed by atoms with van der Waals surface area (Å²) in [5, 5.41) is 0. The molecule has 0 N–H and O–H groups in total. The minimum Gasteiger partial charge on any atom is -0.303 e. The zero-order valence-corrected chi connectivity index (χ0v) is 10.3. The molecule has 0 heterocycles. The summed E-state index contributed by atoms with van der Waals surface area (Å²) in [7, 11) is 0. The van der Waals surface area contributed by atoms with Gasteiger partial charge in [-0.2, -0.15) is 0 Å². The van der Waals surface area contributed by atoms with Gasteiger partial charge in [0, 0.05) is 5.92 Å². The van der Waals surface area contributed by atoms with E-state index in [1.165, 1.54) is 38.4 Å². The minimum absolute atomic E-state index is 0.269. The smallest absolute Gasteiger partial charge is 0.123 e. The molecule has 1 nitrogen and oxygen atoms in total. The van der Waals surface area contributed by atoms with Gasteiger partial charge in [-0.25, -0.2) is 0 Å². The van der Waals surface area contributed by atoms with Gasteiger partial charge in [0.15, 0.2) is 0 Å². The zero-order valence-electron chi connectivity index (χ0n) is 10.3. The largest absolute Gasteiger partial charge is 0.303 e. The predicted molar refractivity (Wildman–Crippen MR) is 62.6 cm³/mol. The molecule has 2 fully saturated rings. The fourth-order valence-corrected chi connectivity index (χ4v) is 4.56. The molecule has 5 atom stereocenters. The lowest BCUT2D eigenvalue weighted by atomic mass is 9.60. The normalized spacial score (nSPS) is 47.3. The first kappa shape index (κ1) is 11.2. The van der Waals surface area contributed by atoms with Gasteiger partial charge >= 0.3 is 0 Å². The predicted octanol–water partition coefficient (Wildman–Crippen LogP) is 3.67. The van der Waals surface area contributed by atoms with Gasteiger partial charge < -0.3 is 4.79 Å². The Morgan fingerprint density at radius 1 is 1.33 bits per heavy atom. The van der Waals surface area contributed by atoms with E-state index >= 15 is 0 Å². The third kappa shape index (κ3) is 1.64. The summed E-state index contributed by atoms with van der Waals surface area (Å²) >= 11 is 0. The van der Waals surface area contributed by atoms with Crippen molar-refractivity contribution >= 4 is 6.29 Å². The second-order valence-electron chi connectivity index (χ2n) is 6.16. The van der Waals surface area contributed by atoms with E-state index in [4.69, 9.17) is 0 Å². The number of aldehydes is 1. The summed E-state index contributed by atoms with van der Waals surface area (Å²) in [4.78, 5) is 11.0. The molecule has 15 heavy (non-hydrogen) atoms. The molecule has 0 aromatic heterocycles. The Balaban J connectivity index is 2.20. The van der Waals surface area contributed by atoms with Crippen molar-refractivity contribution in [1.82, 2.24) is 0 Å². The van der Waals surface area contributed by atoms with Gasteiger partial charge in [-0.05, 0) is 42.4 Å². The van der Waals surface area contributed by atoms with Gasteiger partial charge in [-0.3, -0.25) is 0 Å². The lowest BCUT2D eigenvalue weighted by molar-refractivity contribution is -0.114. The maximum absolute atomic E-state index is 11.0. The third-order valence-corrected chi connectivity index (χ3v) is 5.39. The van der Waals surface area contributed by atoms with Crippen LogP contribution in [0.25, 0.3) is 0 Å². The number of carbonyl (C=O) groups is 1. The van der Waals surface area contributed by atoms with Crippen LogP contribution in [0, 0.1) is 29.1 Å². The zero-order chi connectivity index (χ0) is 11.1. The van der Waals surface area contributed by atoms with Crippen LogP contribution in [-0.4, -0.2) is 6.29 Å². The molecule has 2 unspecified atom stereocenters. The first-order valence-corrected chi connectivity index (χ1v) is 6.55. The quantitative estimate of drug-likeness (QED) is 0.633. The highest BCUT2D eigenvalue weighted by molar-refractivity contribution is 5.53. The summed E-state index contributed by atoms with van der Waals surface area (Å²) in [5.74, 6) is 2.69. The van der Waals surface area contributed by atoms with Gasteiger partial charge in [0.2, 0.25) is 0 Å². The molecular formula is C14H24O. The summed E-state index contributed by atoms with van der Waals surface area (Å²) in [5.41, 5.74) is 0.470. The molecule has 2 aliphatic rings. The van der Waals surface area contributed by atoms with Crippen LogP contribution in [0.15, 0.2) is 0 Å². The molecule has 2 saturated carbocycles. The molecule has 2 aliphatic carbocycles. The van der Waals surface area contributed by atoms with Gasteiger partial charge in [-0.1, -0.05) is 33.6 Å². The van der Waals surface area contributed by atoms with Gasteiger partial charge in [0.1, 0.15) is 6.29 Å².